The number of ether oxygens (including phenoxy) is 2. The van der Waals surface area contributed by atoms with Crippen LogP contribution in [0.1, 0.15) is 52.4 Å². The van der Waals surface area contributed by atoms with Crippen LogP contribution < -0.4 is 0 Å². The molecular formula is C15H24O5. The summed E-state index contributed by atoms with van der Waals surface area (Å²) in [7, 11) is 0. The van der Waals surface area contributed by atoms with Gasteiger partial charge >= 0.3 is 11.9 Å². The van der Waals surface area contributed by atoms with E-state index in [1.807, 2.05) is 0 Å². The number of hydrogen-bond donors (Lipinski definition) is 1. The summed E-state index contributed by atoms with van der Waals surface area (Å²) >= 11 is 0. The molecule has 0 aromatic carbocycles. The van der Waals surface area contributed by atoms with Gasteiger partial charge in [-0.2, -0.15) is 0 Å². The molecule has 0 radical (unpaired) electrons. The first kappa shape index (κ1) is 15.3. The fraction of sp³-hybridized carbons (Fsp3) is 0.867. The molecule has 1 spiro atoms. The van der Waals surface area contributed by atoms with Crippen molar-refractivity contribution < 1.29 is 24.2 Å². The highest BCUT2D eigenvalue weighted by molar-refractivity contribution is 5.97. The number of carbonyl (C=O) groups excluding carboxylic acids is 2. The summed E-state index contributed by atoms with van der Waals surface area (Å²) in [5, 5.41) is 10.9. The van der Waals surface area contributed by atoms with Crippen LogP contribution in [0.15, 0.2) is 0 Å². The average Bonchev–Trinajstić information content (AvgIpc) is 2.94. The quantitative estimate of drug-likeness (QED) is 0.616. The fourth-order valence-corrected chi connectivity index (χ4v) is 3.66. The van der Waals surface area contributed by atoms with E-state index in [2.05, 4.69) is 0 Å². The summed E-state index contributed by atoms with van der Waals surface area (Å²) in [5.74, 6) is -2.51. The van der Waals surface area contributed by atoms with Gasteiger partial charge < -0.3 is 14.6 Å². The molecule has 1 atom stereocenters. The highest BCUT2D eigenvalue weighted by atomic mass is 16.6. The van der Waals surface area contributed by atoms with Crippen LogP contribution in [0.2, 0.25) is 0 Å². The molecule has 2 rings (SSSR count). The lowest BCUT2D eigenvalue weighted by atomic mass is 9.80. The molecule has 0 heterocycles. The molecule has 2 aliphatic carbocycles. The summed E-state index contributed by atoms with van der Waals surface area (Å²) in [6.07, 6.45) is 5.49. The molecule has 2 fully saturated rings. The van der Waals surface area contributed by atoms with Crippen molar-refractivity contribution in [1.29, 1.82) is 0 Å². The summed E-state index contributed by atoms with van der Waals surface area (Å²) in [4.78, 5) is 24.2. The summed E-state index contributed by atoms with van der Waals surface area (Å²) < 4.78 is 9.94. The van der Waals surface area contributed by atoms with Crippen molar-refractivity contribution in [3.8, 4) is 0 Å². The minimum atomic E-state index is -1.27. The van der Waals surface area contributed by atoms with E-state index < -0.39 is 23.5 Å². The van der Waals surface area contributed by atoms with Crippen LogP contribution in [0.3, 0.4) is 0 Å². The number of esters is 2. The SMILES string of the molecule is CCOC(=O)C(C(=O)OCC)C1(O)CC12CCCCC2. The lowest BCUT2D eigenvalue weighted by molar-refractivity contribution is -0.170. The van der Waals surface area contributed by atoms with Crippen molar-refractivity contribution in [2.24, 2.45) is 11.3 Å². The van der Waals surface area contributed by atoms with E-state index in [4.69, 9.17) is 9.47 Å². The Hall–Kier alpha value is -1.10. The minimum absolute atomic E-state index is 0.192. The van der Waals surface area contributed by atoms with Gasteiger partial charge in [-0.1, -0.05) is 19.3 Å². The molecule has 2 aliphatic rings. The molecule has 0 bridgehead atoms. The summed E-state index contributed by atoms with van der Waals surface area (Å²) in [5.41, 5.74) is -1.55. The second kappa shape index (κ2) is 5.72. The molecule has 0 aromatic rings. The predicted octanol–water partition coefficient (Wildman–Crippen LogP) is 1.81. The van der Waals surface area contributed by atoms with Gasteiger partial charge in [-0.25, -0.2) is 0 Å². The second-order valence-corrected chi connectivity index (χ2v) is 5.88. The van der Waals surface area contributed by atoms with Crippen LogP contribution in [0.25, 0.3) is 0 Å². The zero-order valence-electron chi connectivity index (χ0n) is 12.3. The Balaban J connectivity index is 2.18. The van der Waals surface area contributed by atoms with Crippen molar-refractivity contribution in [1.82, 2.24) is 0 Å². The smallest absolute Gasteiger partial charge is 0.323 e. The lowest BCUT2D eigenvalue weighted by Gasteiger charge is -2.29. The van der Waals surface area contributed by atoms with Gasteiger partial charge in [0.05, 0.1) is 18.8 Å². The van der Waals surface area contributed by atoms with Gasteiger partial charge in [-0.3, -0.25) is 9.59 Å². The predicted molar refractivity (Wildman–Crippen MR) is 71.8 cm³/mol. The Morgan fingerprint density at radius 2 is 1.55 bits per heavy atom. The van der Waals surface area contributed by atoms with Gasteiger partial charge in [0.25, 0.3) is 0 Å². The average molecular weight is 284 g/mol. The topological polar surface area (TPSA) is 72.8 Å². The number of aliphatic hydroxyl groups is 1. The lowest BCUT2D eigenvalue weighted by Crippen LogP contribution is -2.43. The zero-order valence-corrected chi connectivity index (χ0v) is 12.3. The van der Waals surface area contributed by atoms with E-state index in [9.17, 15) is 14.7 Å². The van der Waals surface area contributed by atoms with Crippen LogP contribution in [-0.4, -0.2) is 35.9 Å². The van der Waals surface area contributed by atoms with E-state index in [0.717, 1.165) is 32.1 Å². The number of rotatable bonds is 5. The maximum atomic E-state index is 12.1. The maximum absolute atomic E-state index is 12.1. The molecule has 0 amide bonds. The molecule has 1 unspecified atom stereocenters. The van der Waals surface area contributed by atoms with Gasteiger partial charge in [0, 0.05) is 5.41 Å². The molecule has 5 heteroatoms. The van der Waals surface area contributed by atoms with Gasteiger partial charge in [0.2, 0.25) is 0 Å². The van der Waals surface area contributed by atoms with Crippen LogP contribution in [-0.2, 0) is 19.1 Å². The normalized spacial score (nSPS) is 27.4. The molecule has 2 saturated carbocycles. The Labute approximate surface area is 119 Å². The zero-order chi connectivity index (χ0) is 14.8. The summed E-state index contributed by atoms with van der Waals surface area (Å²) in [6, 6.07) is 0. The molecular weight excluding hydrogens is 260 g/mol. The van der Waals surface area contributed by atoms with Crippen molar-refractivity contribution in [2.45, 2.75) is 58.0 Å². The monoisotopic (exact) mass is 284 g/mol. The second-order valence-electron chi connectivity index (χ2n) is 5.88. The highest BCUT2D eigenvalue weighted by Crippen LogP contribution is 2.67. The first-order valence-electron chi connectivity index (χ1n) is 7.56. The van der Waals surface area contributed by atoms with E-state index in [1.165, 1.54) is 0 Å². The third kappa shape index (κ3) is 2.43. The van der Waals surface area contributed by atoms with E-state index in [0.29, 0.717) is 6.42 Å². The largest absolute Gasteiger partial charge is 0.465 e. The molecule has 5 nitrogen and oxygen atoms in total. The maximum Gasteiger partial charge on any atom is 0.323 e. The Morgan fingerprint density at radius 3 is 2.00 bits per heavy atom. The molecule has 114 valence electrons. The van der Waals surface area contributed by atoms with Crippen LogP contribution in [0.4, 0.5) is 0 Å². The van der Waals surface area contributed by atoms with Crippen molar-refractivity contribution in [3.63, 3.8) is 0 Å². The van der Waals surface area contributed by atoms with Crippen molar-refractivity contribution >= 4 is 11.9 Å². The van der Waals surface area contributed by atoms with Gasteiger partial charge in [-0.15, -0.1) is 0 Å². The van der Waals surface area contributed by atoms with Gasteiger partial charge in [0.1, 0.15) is 0 Å². The van der Waals surface area contributed by atoms with Crippen LogP contribution in [0.5, 0.6) is 0 Å². The van der Waals surface area contributed by atoms with Crippen LogP contribution in [0, 0.1) is 11.3 Å². The number of carbonyl (C=O) groups is 2. The highest BCUT2D eigenvalue weighted by Gasteiger charge is 2.73. The Morgan fingerprint density at radius 1 is 1.05 bits per heavy atom. The number of hydrogen-bond acceptors (Lipinski definition) is 5. The van der Waals surface area contributed by atoms with Gasteiger partial charge in [0.15, 0.2) is 5.92 Å². The first-order valence-corrected chi connectivity index (χ1v) is 7.56. The minimum Gasteiger partial charge on any atom is -0.465 e. The molecule has 0 aliphatic heterocycles. The third-order valence-electron chi connectivity index (χ3n) is 4.73. The standard InChI is InChI=1S/C15H24O5/c1-3-19-12(16)11(13(17)20-4-2)15(18)10-14(15)8-6-5-7-9-14/h11,18H,3-10H2,1-2H3. The third-order valence-corrected chi connectivity index (χ3v) is 4.73. The van der Waals surface area contributed by atoms with Gasteiger partial charge in [-0.05, 0) is 33.1 Å². The van der Waals surface area contributed by atoms with Crippen molar-refractivity contribution in [3.05, 3.63) is 0 Å². The first-order chi connectivity index (χ1) is 9.50. The molecule has 0 saturated heterocycles. The Bertz CT molecular complexity index is 368. The van der Waals surface area contributed by atoms with Crippen molar-refractivity contribution in [2.75, 3.05) is 13.2 Å². The van der Waals surface area contributed by atoms with E-state index in [-0.39, 0.29) is 18.6 Å². The Kier molecular flexibility index (Phi) is 4.37. The molecule has 1 N–H and O–H groups in total. The van der Waals surface area contributed by atoms with E-state index >= 15 is 0 Å². The summed E-state index contributed by atoms with van der Waals surface area (Å²) in [6.45, 7) is 3.76. The fourth-order valence-electron chi connectivity index (χ4n) is 3.66. The molecule has 0 aromatic heterocycles. The van der Waals surface area contributed by atoms with E-state index in [1.54, 1.807) is 13.8 Å². The van der Waals surface area contributed by atoms with Crippen LogP contribution >= 0.6 is 0 Å². The molecule has 20 heavy (non-hydrogen) atoms.